The number of halogens is 2. The highest BCUT2D eigenvalue weighted by atomic mass is 35.5. The maximum atomic E-state index is 12.9. The molecular formula is C15H9ClFNO3S. The summed E-state index contributed by atoms with van der Waals surface area (Å²) >= 11 is 5.84. The van der Waals surface area contributed by atoms with E-state index in [1.807, 2.05) is 0 Å². The van der Waals surface area contributed by atoms with Gasteiger partial charge in [-0.05, 0) is 42.5 Å². The predicted molar refractivity (Wildman–Crippen MR) is 81.4 cm³/mol. The Bertz CT molecular complexity index is 1030. The van der Waals surface area contributed by atoms with E-state index < -0.39 is 26.0 Å². The molecule has 0 saturated carbocycles. The van der Waals surface area contributed by atoms with E-state index in [1.165, 1.54) is 18.2 Å². The van der Waals surface area contributed by atoms with Crippen molar-refractivity contribution in [3.05, 3.63) is 69.7 Å². The van der Waals surface area contributed by atoms with Crippen molar-refractivity contribution < 1.29 is 12.8 Å². The van der Waals surface area contributed by atoms with Crippen LogP contribution < -0.4 is 5.43 Å². The lowest BCUT2D eigenvalue weighted by molar-refractivity contribution is 0.594. The summed E-state index contributed by atoms with van der Waals surface area (Å²) in [5.41, 5.74) is -0.190. The van der Waals surface area contributed by atoms with Crippen molar-refractivity contribution in [1.82, 2.24) is 4.98 Å². The maximum Gasteiger partial charge on any atom is 0.211 e. The molecule has 7 heteroatoms. The van der Waals surface area contributed by atoms with Crippen LogP contribution in [0.4, 0.5) is 4.39 Å². The Hall–Kier alpha value is -2.18. The molecule has 0 saturated heterocycles. The van der Waals surface area contributed by atoms with Crippen LogP contribution in [0.3, 0.4) is 0 Å². The van der Waals surface area contributed by atoms with Crippen LogP contribution in [0.5, 0.6) is 0 Å². The van der Waals surface area contributed by atoms with Gasteiger partial charge in [0.2, 0.25) is 15.3 Å². The molecule has 112 valence electrons. The van der Waals surface area contributed by atoms with Crippen molar-refractivity contribution in [2.75, 3.05) is 0 Å². The number of H-pyrrole nitrogens is 1. The van der Waals surface area contributed by atoms with Gasteiger partial charge in [0.15, 0.2) is 0 Å². The summed E-state index contributed by atoms with van der Waals surface area (Å²) in [4.78, 5) is 14.6. The quantitative estimate of drug-likeness (QED) is 0.730. The van der Waals surface area contributed by atoms with Gasteiger partial charge < -0.3 is 4.98 Å². The number of nitrogens with one attached hydrogen (secondary N) is 1. The first-order valence-corrected chi connectivity index (χ1v) is 8.07. The smallest absolute Gasteiger partial charge is 0.211 e. The molecule has 0 bridgehead atoms. The minimum Gasteiger partial charge on any atom is -0.360 e. The molecule has 0 aliphatic carbocycles. The molecule has 3 aromatic rings. The van der Waals surface area contributed by atoms with Crippen molar-refractivity contribution >= 4 is 32.3 Å². The molecule has 0 atom stereocenters. The minimum atomic E-state index is -4.03. The van der Waals surface area contributed by atoms with E-state index in [4.69, 9.17) is 11.6 Å². The topological polar surface area (TPSA) is 67.0 Å². The molecule has 22 heavy (non-hydrogen) atoms. The van der Waals surface area contributed by atoms with E-state index in [9.17, 15) is 17.6 Å². The van der Waals surface area contributed by atoms with Gasteiger partial charge in [0, 0.05) is 16.6 Å². The van der Waals surface area contributed by atoms with Crippen LogP contribution in [0, 0.1) is 5.82 Å². The number of sulfone groups is 1. The Morgan fingerprint density at radius 3 is 2.41 bits per heavy atom. The van der Waals surface area contributed by atoms with E-state index >= 15 is 0 Å². The molecular weight excluding hydrogens is 329 g/mol. The van der Waals surface area contributed by atoms with Crippen LogP contribution in [0.2, 0.25) is 5.02 Å². The lowest BCUT2D eigenvalue weighted by atomic mass is 10.2. The molecule has 0 spiro atoms. The fraction of sp³-hybridized carbons (Fsp3) is 0. The second-order valence-corrected chi connectivity index (χ2v) is 6.98. The first-order chi connectivity index (χ1) is 10.4. The first-order valence-electron chi connectivity index (χ1n) is 6.21. The summed E-state index contributed by atoms with van der Waals surface area (Å²) in [6.07, 6.45) is 1.12. The number of fused-ring (bicyclic) bond motifs is 1. The normalized spacial score (nSPS) is 11.7. The average Bonchev–Trinajstić information content (AvgIpc) is 2.47. The summed E-state index contributed by atoms with van der Waals surface area (Å²) < 4.78 is 37.9. The first kappa shape index (κ1) is 14.7. The molecule has 1 aromatic heterocycles. The van der Waals surface area contributed by atoms with Gasteiger partial charge in [0.1, 0.15) is 10.7 Å². The molecule has 0 radical (unpaired) electrons. The van der Waals surface area contributed by atoms with Crippen LogP contribution in [0.15, 0.2) is 63.2 Å². The van der Waals surface area contributed by atoms with Gasteiger partial charge in [-0.15, -0.1) is 0 Å². The van der Waals surface area contributed by atoms with Gasteiger partial charge in [0.25, 0.3) is 0 Å². The highest BCUT2D eigenvalue weighted by Crippen LogP contribution is 2.21. The number of aromatic nitrogens is 1. The van der Waals surface area contributed by atoms with Crippen LogP contribution in [-0.4, -0.2) is 13.4 Å². The lowest BCUT2D eigenvalue weighted by Crippen LogP contribution is -2.16. The largest absolute Gasteiger partial charge is 0.360 e. The third kappa shape index (κ3) is 2.40. The molecule has 0 amide bonds. The van der Waals surface area contributed by atoms with E-state index in [1.54, 1.807) is 0 Å². The van der Waals surface area contributed by atoms with Crippen molar-refractivity contribution in [2.24, 2.45) is 0 Å². The van der Waals surface area contributed by atoms with E-state index in [0.29, 0.717) is 10.5 Å². The maximum absolute atomic E-state index is 12.9. The van der Waals surface area contributed by atoms with Gasteiger partial charge in [-0.1, -0.05) is 11.6 Å². The van der Waals surface area contributed by atoms with Crippen LogP contribution in [0.25, 0.3) is 10.9 Å². The number of aromatic amines is 1. The van der Waals surface area contributed by atoms with Gasteiger partial charge in [-0.3, -0.25) is 4.79 Å². The number of rotatable bonds is 2. The predicted octanol–water partition coefficient (Wildman–Crippen LogP) is 3.15. The monoisotopic (exact) mass is 337 g/mol. The number of hydrogen-bond donors (Lipinski definition) is 1. The molecule has 1 heterocycles. The third-order valence-corrected chi connectivity index (χ3v) is 5.23. The van der Waals surface area contributed by atoms with E-state index in [2.05, 4.69) is 4.98 Å². The fourth-order valence-corrected chi connectivity index (χ4v) is 3.60. The minimum absolute atomic E-state index is 0.146. The standard InChI is InChI=1S/C15H9ClFNO3S/c16-9-1-6-12-13(7-9)18-8-14(15(12)19)22(20,21)11-4-2-10(17)3-5-11/h1-8H,(H,18,19). The zero-order valence-corrected chi connectivity index (χ0v) is 12.6. The highest BCUT2D eigenvalue weighted by Gasteiger charge is 2.22. The SMILES string of the molecule is O=c1c(S(=O)(=O)c2ccc(F)cc2)c[nH]c2cc(Cl)ccc12. The van der Waals surface area contributed by atoms with Gasteiger partial charge in [-0.2, -0.15) is 0 Å². The molecule has 3 rings (SSSR count). The number of benzene rings is 2. The molecule has 0 aliphatic heterocycles. The van der Waals surface area contributed by atoms with Crippen LogP contribution >= 0.6 is 11.6 Å². The van der Waals surface area contributed by atoms with E-state index in [0.717, 1.165) is 30.5 Å². The molecule has 2 aromatic carbocycles. The average molecular weight is 338 g/mol. The van der Waals surface area contributed by atoms with Gasteiger partial charge in [-0.25, -0.2) is 12.8 Å². The van der Waals surface area contributed by atoms with E-state index in [-0.39, 0.29) is 10.3 Å². The lowest BCUT2D eigenvalue weighted by Gasteiger charge is -2.06. The number of hydrogen-bond acceptors (Lipinski definition) is 3. The van der Waals surface area contributed by atoms with Crippen molar-refractivity contribution in [2.45, 2.75) is 9.79 Å². The van der Waals surface area contributed by atoms with Crippen LogP contribution in [-0.2, 0) is 9.84 Å². The Balaban J connectivity index is 2.26. The Labute approximate surface area is 130 Å². The van der Waals surface area contributed by atoms with Gasteiger partial charge >= 0.3 is 0 Å². The molecule has 1 N–H and O–H groups in total. The number of pyridine rings is 1. The van der Waals surface area contributed by atoms with Gasteiger partial charge in [0.05, 0.1) is 10.4 Å². The molecule has 0 unspecified atom stereocenters. The molecule has 0 aliphatic rings. The summed E-state index contributed by atoms with van der Waals surface area (Å²) in [5.74, 6) is -0.555. The summed E-state index contributed by atoms with van der Waals surface area (Å²) in [7, 11) is -4.03. The van der Waals surface area contributed by atoms with Crippen molar-refractivity contribution in [3.8, 4) is 0 Å². The fourth-order valence-electron chi connectivity index (χ4n) is 2.12. The van der Waals surface area contributed by atoms with Crippen molar-refractivity contribution in [1.29, 1.82) is 0 Å². The Morgan fingerprint density at radius 1 is 1.05 bits per heavy atom. The summed E-state index contributed by atoms with van der Waals surface area (Å²) in [5, 5.41) is 0.643. The van der Waals surface area contributed by atoms with Crippen LogP contribution in [0.1, 0.15) is 0 Å². The Kier molecular flexibility index (Phi) is 3.50. The molecule has 4 nitrogen and oxygen atoms in total. The molecule has 0 fully saturated rings. The Morgan fingerprint density at radius 2 is 1.73 bits per heavy atom. The zero-order chi connectivity index (χ0) is 15.9. The second-order valence-electron chi connectivity index (χ2n) is 4.63. The van der Waals surface area contributed by atoms with Crippen molar-refractivity contribution in [3.63, 3.8) is 0 Å². The summed E-state index contributed by atoms with van der Waals surface area (Å²) in [6.45, 7) is 0. The third-order valence-electron chi connectivity index (χ3n) is 3.22. The second kappa shape index (κ2) is 5.23. The zero-order valence-electron chi connectivity index (χ0n) is 11.0. The summed E-state index contributed by atoms with van der Waals surface area (Å²) in [6, 6.07) is 8.80. The highest BCUT2D eigenvalue weighted by molar-refractivity contribution is 7.91.